The number of allylic oxidation sites excluding steroid dienone is 2. The lowest BCUT2D eigenvalue weighted by molar-refractivity contribution is -0.144. The third-order valence-electron chi connectivity index (χ3n) is 6.08. The second-order valence-electron chi connectivity index (χ2n) is 8.12. The number of carbonyl (C=O) groups excluding carboxylic acids is 2. The van der Waals surface area contributed by atoms with Crippen molar-refractivity contribution in [3.8, 4) is 5.75 Å². The quantitative estimate of drug-likeness (QED) is 0.434. The van der Waals surface area contributed by atoms with Crippen molar-refractivity contribution in [2.45, 2.75) is 39.7 Å². The van der Waals surface area contributed by atoms with Crippen molar-refractivity contribution in [3.05, 3.63) is 33.9 Å². The number of hydrogen-bond donors (Lipinski definition) is 1. The molecule has 1 aromatic carbocycles. The molecule has 1 fully saturated rings. The van der Waals surface area contributed by atoms with Crippen LogP contribution in [-0.4, -0.2) is 70.5 Å². The van der Waals surface area contributed by atoms with E-state index in [-0.39, 0.29) is 18.5 Å². The fraction of sp³-hybridized carbons (Fsp3) is 0.583. The maximum Gasteiger partial charge on any atom is 0.341 e. The van der Waals surface area contributed by atoms with Crippen LogP contribution in [0.25, 0.3) is 0 Å². The Labute approximate surface area is 189 Å². The number of rotatable bonds is 10. The van der Waals surface area contributed by atoms with E-state index in [2.05, 4.69) is 16.3 Å². The number of anilines is 1. The molecule has 2 aliphatic rings. The lowest BCUT2D eigenvalue weighted by atomic mass is 9.93. The number of carbonyl (C=O) groups is 2. The summed E-state index contributed by atoms with van der Waals surface area (Å²) in [6.07, 6.45) is 3.63. The molecule has 1 aromatic rings. The molecule has 0 radical (unpaired) electrons. The molecule has 0 saturated carbocycles. The molecule has 176 valence electrons. The van der Waals surface area contributed by atoms with E-state index in [4.69, 9.17) is 18.9 Å². The van der Waals surface area contributed by atoms with Crippen LogP contribution in [0.3, 0.4) is 0 Å². The van der Waals surface area contributed by atoms with E-state index in [0.717, 1.165) is 66.5 Å². The van der Waals surface area contributed by atoms with Gasteiger partial charge in [-0.1, -0.05) is 11.6 Å². The molecule has 32 heavy (non-hydrogen) atoms. The van der Waals surface area contributed by atoms with Crippen LogP contribution in [0.15, 0.2) is 11.6 Å². The summed E-state index contributed by atoms with van der Waals surface area (Å²) in [5.41, 5.74) is 5.14. The highest BCUT2D eigenvalue weighted by molar-refractivity contribution is 6.01. The molecule has 1 saturated heterocycles. The first kappa shape index (κ1) is 24.1. The summed E-state index contributed by atoms with van der Waals surface area (Å²) >= 11 is 0. The van der Waals surface area contributed by atoms with Crippen molar-refractivity contribution in [2.75, 3.05) is 58.9 Å². The summed E-state index contributed by atoms with van der Waals surface area (Å²) in [6, 6.07) is 0. The minimum atomic E-state index is -0.308. The molecule has 0 unspecified atom stereocenters. The molecule has 0 atom stereocenters. The molecule has 0 spiro atoms. The van der Waals surface area contributed by atoms with Gasteiger partial charge in [0.25, 0.3) is 0 Å². The summed E-state index contributed by atoms with van der Waals surface area (Å²) in [4.78, 5) is 26.6. The van der Waals surface area contributed by atoms with E-state index < -0.39 is 0 Å². The third kappa shape index (κ3) is 5.61. The van der Waals surface area contributed by atoms with Crippen LogP contribution in [0.1, 0.15) is 46.8 Å². The smallest absolute Gasteiger partial charge is 0.341 e. The molecule has 8 heteroatoms. The van der Waals surface area contributed by atoms with Crippen LogP contribution in [0, 0.1) is 6.92 Å². The van der Waals surface area contributed by atoms with Crippen LogP contribution >= 0.6 is 0 Å². The predicted octanol–water partition coefficient (Wildman–Crippen LogP) is 2.86. The second kappa shape index (κ2) is 11.3. The van der Waals surface area contributed by atoms with E-state index in [1.165, 1.54) is 0 Å². The van der Waals surface area contributed by atoms with Crippen LogP contribution in [0.4, 0.5) is 5.69 Å². The van der Waals surface area contributed by atoms with E-state index in [1.807, 2.05) is 13.8 Å². The van der Waals surface area contributed by atoms with Gasteiger partial charge in [0.15, 0.2) is 0 Å². The van der Waals surface area contributed by atoms with Gasteiger partial charge < -0.3 is 24.3 Å². The van der Waals surface area contributed by atoms with Gasteiger partial charge in [-0.3, -0.25) is 9.69 Å². The predicted molar refractivity (Wildman–Crippen MR) is 121 cm³/mol. The molecule has 8 nitrogen and oxygen atoms in total. The maximum absolute atomic E-state index is 12.3. The van der Waals surface area contributed by atoms with Gasteiger partial charge >= 0.3 is 11.9 Å². The minimum absolute atomic E-state index is 0.185. The molecule has 3 rings (SSSR count). The SMILES string of the molecule is CNc1c(CC=C(C)CCC(=O)OCCN2CCOCC2)c(OC)c(C)c2c1C(=O)OC2. The average Bonchev–Trinajstić information content (AvgIpc) is 3.19. The average molecular weight is 447 g/mol. The van der Waals surface area contributed by atoms with Crippen LogP contribution < -0.4 is 10.1 Å². The van der Waals surface area contributed by atoms with E-state index in [9.17, 15) is 9.59 Å². The molecule has 2 heterocycles. The van der Waals surface area contributed by atoms with Crippen molar-refractivity contribution >= 4 is 17.6 Å². The van der Waals surface area contributed by atoms with Gasteiger partial charge in [0, 0.05) is 44.2 Å². The normalized spacial score (nSPS) is 16.5. The summed E-state index contributed by atoms with van der Waals surface area (Å²) in [5, 5.41) is 3.16. The van der Waals surface area contributed by atoms with Gasteiger partial charge in [0.05, 0.1) is 31.6 Å². The number of hydrogen-bond acceptors (Lipinski definition) is 8. The van der Waals surface area contributed by atoms with Gasteiger partial charge in [-0.05, 0) is 32.3 Å². The van der Waals surface area contributed by atoms with E-state index in [1.54, 1.807) is 14.2 Å². The Bertz CT molecular complexity index is 874. The minimum Gasteiger partial charge on any atom is -0.496 e. The highest BCUT2D eigenvalue weighted by Gasteiger charge is 2.31. The topological polar surface area (TPSA) is 86.3 Å². The molecule has 0 aliphatic carbocycles. The first-order chi connectivity index (χ1) is 15.5. The fourth-order valence-electron chi connectivity index (χ4n) is 4.19. The molecule has 2 aliphatic heterocycles. The number of morpholine rings is 1. The number of ether oxygens (including phenoxy) is 4. The highest BCUT2D eigenvalue weighted by Crippen LogP contribution is 2.41. The van der Waals surface area contributed by atoms with Crippen LogP contribution in [0.2, 0.25) is 0 Å². The van der Waals surface area contributed by atoms with Gasteiger partial charge in [0.2, 0.25) is 0 Å². The Morgan fingerprint density at radius 2 is 2.00 bits per heavy atom. The lowest BCUT2D eigenvalue weighted by Gasteiger charge is -2.26. The van der Waals surface area contributed by atoms with Gasteiger partial charge in [0.1, 0.15) is 19.0 Å². The zero-order valence-corrected chi connectivity index (χ0v) is 19.5. The van der Waals surface area contributed by atoms with Crippen molar-refractivity contribution < 1.29 is 28.5 Å². The molecular weight excluding hydrogens is 412 g/mol. The van der Waals surface area contributed by atoms with Crippen LogP contribution in [-0.2, 0) is 32.0 Å². The monoisotopic (exact) mass is 446 g/mol. The highest BCUT2D eigenvalue weighted by atomic mass is 16.5. The Kier molecular flexibility index (Phi) is 8.53. The van der Waals surface area contributed by atoms with Gasteiger partial charge in [-0.15, -0.1) is 0 Å². The largest absolute Gasteiger partial charge is 0.496 e. The summed E-state index contributed by atoms with van der Waals surface area (Å²) in [5.74, 6) is 0.269. The third-order valence-corrected chi connectivity index (χ3v) is 6.08. The summed E-state index contributed by atoms with van der Waals surface area (Å²) in [6.45, 7) is 8.63. The summed E-state index contributed by atoms with van der Waals surface area (Å²) < 4.78 is 21.6. The fourth-order valence-corrected chi connectivity index (χ4v) is 4.19. The Morgan fingerprint density at radius 3 is 2.69 bits per heavy atom. The Morgan fingerprint density at radius 1 is 1.25 bits per heavy atom. The van der Waals surface area contributed by atoms with Crippen molar-refractivity contribution in [1.29, 1.82) is 0 Å². The molecule has 1 N–H and O–H groups in total. The number of cyclic esters (lactones) is 1. The maximum atomic E-state index is 12.3. The van der Waals surface area contributed by atoms with E-state index in [0.29, 0.717) is 31.4 Å². The number of benzene rings is 1. The number of methoxy groups -OCH3 is 1. The van der Waals surface area contributed by atoms with Crippen molar-refractivity contribution in [2.24, 2.45) is 0 Å². The first-order valence-electron chi connectivity index (χ1n) is 11.1. The Balaban J connectivity index is 1.57. The second-order valence-corrected chi connectivity index (χ2v) is 8.12. The zero-order valence-electron chi connectivity index (χ0n) is 19.5. The van der Waals surface area contributed by atoms with E-state index >= 15 is 0 Å². The molecular formula is C24H34N2O6. The Hall–Kier alpha value is -2.58. The van der Waals surface area contributed by atoms with Gasteiger partial charge in [-0.2, -0.15) is 0 Å². The molecule has 0 aromatic heterocycles. The number of esters is 2. The van der Waals surface area contributed by atoms with Crippen molar-refractivity contribution in [1.82, 2.24) is 4.90 Å². The number of fused-ring (bicyclic) bond motifs is 1. The van der Waals surface area contributed by atoms with Crippen molar-refractivity contribution in [3.63, 3.8) is 0 Å². The molecule has 0 amide bonds. The lowest BCUT2D eigenvalue weighted by Crippen LogP contribution is -2.38. The zero-order chi connectivity index (χ0) is 23.1. The van der Waals surface area contributed by atoms with Gasteiger partial charge in [-0.25, -0.2) is 4.79 Å². The first-order valence-corrected chi connectivity index (χ1v) is 11.1. The summed E-state index contributed by atoms with van der Waals surface area (Å²) in [7, 11) is 3.43. The number of nitrogens with one attached hydrogen (secondary N) is 1. The standard InChI is InChI=1S/C24H34N2O6/c1-16(6-8-20(27)31-14-11-26-9-12-30-13-10-26)5-7-18-22(25-3)21-19(15-32-24(21)28)17(2)23(18)29-4/h5,25H,6-15H2,1-4H3. The molecule has 0 bridgehead atoms. The number of nitrogens with zero attached hydrogens (tertiary/aromatic N) is 1. The van der Waals surface area contributed by atoms with Crippen LogP contribution in [0.5, 0.6) is 5.75 Å².